The minimum absolute atomic E-state index is 0.0570. The van der Waals surface area contributed by atoms with Gasteiger partial charge in [0.1, 0.15) is 0 Å². The Labute approximate surface area is 153 Å². The van der Waals surface area contributed by atoms with Crippen LogP contribution < -0.4 is 4.90 Å². The Morgan fingerprint density at radius 1 is 1.32 bits per heavy atom. The molecule has 2 unspecified atom stereocenters. The average Bonchev–Trinajstić information content (AvgIpc) is 2.98. The Kier molecular flexibility index (Phi) is 5.25. The number of rotatable bonds is 4. The lowest BCUT2D eigenvalue weighted by Crippen LogP contribution is -2.38. The van der Waals surface area contributed by atoms with Crippen molar-refractivity contribution in [3.05, 3.63) is 29.8 Å². The summed E-state index contributed by atoms with van der Waals surface area (Å²) in [6.07, 6.45) is 1.17. The van der Waals surface area contributed by atoms with E-state index >= 15 is 0 Å². The molecule has 0 spiro atoms. The number of nitrogens with zero attached hydrogens (tertiary/aromatic N) is 2. The Hall–Kier alpha value is -1.34. The lowest BCUT2D eigenvalue weighted by molar-refractivity contribution is -0.117. The van der Waals surface area contributed by atoms with Crippen LogP contribution in [0.4, 0.5) is 5.69 Å². The van der Waals surface area contributed by atoms with E-state index < -0.39 is 9.84 Å². The molecule has 1 aromatic carbocycles. The molecule has 2 atom stereocenters. The molecule has 25 heavy (non-hydrogen) atoms. The number of benzene rings is 1. The quantitative estimate of drug-likeness (QED) is 0.802. The molecule has 2 aliphatic heterocycles. The van der Waals surface area contributed by atoms with E-state index in [1.54, 1.807) is 0 Å². The van der Waals surface area contributed by atoms with Crippen molar-refractivity contribution in [2.45, 2.75) is 50.8 Å². The topological polar surface area (TPSA) is 66.8 Å². The van der Waals surface area contributed by atoms with Gasteiger partial charge < -0.3 is 4.90 Å². The summed E-state index contributed by atoms with van der Waals surface area (Å²) in [5.74, 6) is 0.438. The third kappa shape index (κ3) is 3.77. The summed E-state index contributed by atoms with van der Waals surface area (Å²) >= 11 is 1.44. The van der Waals surface area contributed by atoms with Crippen molar-refractivity contribution in [2.24, 2.45) is 4.99 Å². The predicted molar refractivity (Wildman–Crippen MR) is 104 cm³/mol. The second kappa shape index (κ2) is 7.11. The molecule has 1 aromatic rings. The second-order valence-corrected chi connectivity index (χ2v) is 10.3. The number of hydrogen-bond donors (Lipinski definition) is 0. The van der Waals surface area contributed by atoms with Gasteiger partial charge in [-0.2, -0.15) is 4.99 Å². The van der Waals surface area contributed by atoms with Crippen molar-refractivity contribution in [3.63, 3.8) is 0 Å². The van der Waals surface area contributed by atoms with E-state index in [2.05, 4.69) is 24.9 Å². The van der Waals surface area contributed by atoms with E-state index in [9.17, 15) is 13.2 Å². The van der Waals surface area contributed by atoms with Crippen LogP contribution in [0.5, 0.6) is 0 Å². The van der Waals surface area contributed by atoms with E-state index in [-0.39, 0.29) is 28.7 Å². The lowest BCUT2D eigenvalue weighted by Gasteiger charge is -2.28. The van der Waals surface area contributed by atoms with Gasteiger partial charge in [-0.1, -0.05) is 50.7 Å². The first kappa shape index (κ1) is 18.5. The largest absolute Gasteiger partial charge is 0.315 e. The van der Waals surface area contributed by atoms with Gasteiger partial charge >= 0.3 is 0 Å². The van der Waals surface area contributed by atoms with E-state index in [4.69, 9.17) is 0 Å². The molecule has 0 bridgehead atoms. The van der Waals surface area contributed by atoms with Gasteiger partial charge in [0.05, 0.1) is 17.5 Å². The normalized spacial score (nSPS) is 26.4. The predicted octanol–water partition coefficient (Wildman–Crippen LogP) is 3.21. The maximum atomic E-state index is 12.1. The number of fused-ring (bicyclic) bond motifs is 1. The minimum atomic E-state index is -3.04. The van der Waals surface area contributed by atoms with Crippen LogP contribution in [0.25, 0.3) is 0 Å². The van der Waals surface area contributed by atoms with Gasteiger partial charge in [0.2, 0.25) is 5.91 Å². The van der Waals surface area contributed by atoms with Crippen molar-refractivity contribution in [1.29, 1.82) is 0 Å². The molecular weight excluding hydrogens is 356 g/mol. The maximum Gasteiger partial charge on any atom is 0.248 e. The minimum Gasteiger partial charge on any atom is -0.315 e. The van der Waals surface area contributed by atoms with Crippen molar-refractivity contribution in [3.8, 4) is 0 Å². The Morgan fingerprint density at radius 3 is 2.72 bits per heavy atom. The SMILES string of the molecule is CCCC(=O)N=C1SC2CS(=O)(=O)CC2N1c1ccccc1C(C)C. The van der Waals surface area contributed by atoms with Crippen LogP contribution in [0.3, 0.4) is 0 Å². The summed E-state index contributed by atoms with van der Waals surface area (Å²) in [6.45, 7) is 6.18. The van der Waals surface area contributed by atoms with Crippen molar-refractivity contribution < 1.29 is 13.2 Å². The number of para-hydroxylation sites is 1. The molecule has 0 radical (unpaired) electrons. The van der Waals surface area contributed by atoms with Crippen molar-refractivity contribution >= 4 is 38.4 Å². The van der Waals surface area contributed by atoms with E-state index in [0.717, 1.165) is 17.7 Å². The zero-order valence-electron chi connectivity index (χ0n) is 14.8. The van der Waals surface area contributed by atoms with Gasteiger partial charge in [0, 0.05) is 17.4 Å². The van der Waals surface area contributed by atoms with Gasteiger partial charge in [-0.3, -0.25) is 4.79 Å². The molecule has 5 nitrogen and oxygen atoms in total. The number of sulfone groups is 1. The zero-order chi connectivity index (χ0) is 18.2. The van der Waals surface area contributed by atoms with Gasteiger partial charge in [-0.25, -0.2) is 8.42 Å². The molecule has 136 valence electrons. The van der Waals surface area contributed by atoms with Crippen LogP contribution in [-0.2, 0) is 14.6 Å². The summed E-state index contributed by atoms with van der Waals surface area (Å²) in [5.41, 5.74) is 2.11. The number of amidine groups is 1. The molecule has 7 heteroatoms. The first-order chi connectivity index (χ1) is 11.8. The van der Waals surface area contributed by atoms with E-state index in [1.165, 1.54) is 11.8 Å². The summed E-state index contributed by atoms with van der Waals surface area (Å²) < 4.78 is 24.2. The number of hydrogen-bond acceptors (Lipinski definition) is 4. The van der Waals surface area contributed by atoms with Crippen LogP contribution in [0.1, 0.15) is 45.1 Å². The van der Waals surface area contributed by atoms with Gasteiger partial charge in [-0.15, -0.1) is 0 Å². The van der Waals surface area contributed by atoms with Crippen molar-refractivity contribution in [1.82, 2.24) is 0 Å². The molecule has 0 aromatic heterocycles. The van der Waals surface area contributed by atoms with Crippen LogP contribution in [-0.4, -0.2) is 42.3 Å². The van der Waals surface area contributed by atoms with E-state index in [0.29, 0.717) is 17.5 Å². The standard InChI is InChI=1S/C18H24N2O3S2/c1-4-7-17(21)19-18-20(14-9-6-5-8-13(14)12(2)3)15-10-25(22,23)11-16(15)24-18/h5-6,8-9,12,15-16H,4,7,10-11H2,1-3H3. The molecule has 1 amide bonds. The number of carbonyl (C=O) groups is 1. The Bertz CT molecular complexity index is 802. The first-order valence-corrected chi connectivity index (χ1v) is 11.4. The fraction of sp³-hybridized carbons (Fsp3) is 0.556. The molecule has 2 aliphatic rings. The van der Waals surface area contributed by atoms with E-state index in [1.807, 2.05) is 30.0 Å². The number of carbonyl (C=O) groups excluding carboxylic acids is 1. The summed E-state index contributed by atoms with van der Waals surface area (Å²) in [6, 6.07) is 7.86. The Morgan fingerprint density at radius 2 is 2.04 bits per heavy atom. The fourth-order valence-electron chi connectivity index (χ4n) is 3.42. The highest BCUT2D eigenvalue weighted by Crippen LogP contribution is 2.43. The molecule has 2 saturated heterocycles. The van der Waals surface area contributed by atoms with Gasteiger partial charge in [0.15, 0.2) is 15.0 Å². The smallest absolute Gasteiger partial charge is 0.248 e. The fourth-order valence-corrected chi connectivity index (χ4v) is 7.34. The second-order valence-electron chi connectivity index (χ2n) is 6.92. The van der Waals surface area contributed by atoms with Crippen LogP contribution in [0.2, 0.25) is 0 Å². The molecule has 0 aliphatic carbocycles. The number of thioether (sulfide) groups is 1. The van der Waals surface area contributed by atoms with Crippen LogP contribution in [0, 0.1) is 0 Å². The van der Waals surface area contributed by atoms with Gasteiger partial charge in [-0.05, 0) is 24.0 Å². The monoisotopic (exact) mass is 380 g/mol. The van der Waals surface area contributed by atoms with Crippen molar-refractivity contribution in [2.75, 3.05) is 16.4 Å². The molecule has 2 fully saturated rings. The molecule has 0 saturated carbocycles. The molecule has 0 N–H and O–H groups in total. The number of amides is 1. The molecular formula is C18H24N2O3S2. The third-order valence-corrected chi connectivity index (χ3v) is 7.78. The molecule has 2 heterocycles. The summed E-state index contributed by atoms with van der Waals surface area (Å²) in [7, 11) is -3.04. The summed E-state index contributed by atoms with van der Waals surface area (Å²) in [4.78, 5) is 18.4. The highest BCUT2D eigenvalue weighted by atomic mass is 32.2. The summed E-state index contributed by atoms with van der Waals surface area (Å²) in [5, 5.41) is 0.592. The number of aliphatic imine (C=N–C) groups is 1. The highest BCUT2D eigenvalue weighted by Gasteiger charge is 2.49. The first-order valence-electron chi connectivity index (χ1n) is 8.69. The highest BCUT2D eigenvalue weighted by molar-refractivity contribution is 8.16. The third-order valence-electron chi connectivity index (χ3n) is 4.57. The molecule has 3 rings (SSSR count). The van der Waals surface area contributed by atoms with Gasteiger partial charge in [0.25, 0.3) is 0 Å². The van der Waals surface area contributed by atoms with Crippen LogP contribution >= 0.6 is 11.8 Å². The van der Waals surface area contributed by atoms with Crippen LogP contribution in [0.15, 0.2) is 29.3 Å². The average molecular weight is 381 g/mol. The zero-order valence-corrected chi connectivity index (χ0v) is 16.4. The lowest BCUT2D eigenvalue weighted by atomic mass is 9.99. The number of anilines is 1. The Balaban J connectivity index is 2.06. The maximum absolute atomic E-state index is 12.1.